The van der Waals surface area contributed by atoms with Gasteiger partial charge in [0, 0.05) is 17.1 Å². The van der Waals surface area contributed by atoms with Gasteiger partial charge < -0.3 is 10.3 Å². The third kappa shape index (κ3) is 2.87. The number of rotatable bonds is 3. The molecule has 0 aliphatic carbocycles. The van der Waals surface area contributed by atoms with Crippen molar-refractivity contribution >= 4 is 16.8 Å². The average Bonchev–Trinajstić information content (AvgIpc) is 3.10. The van der Waals surface area contributed by atoms with Crippen molar-refractivity contribution < 1.29 is 9.18 Å². The van der Waals surface area contributed by atoms with E-state index in [-0.39, 0.29) is 11.4 Å². The normalized spacial score (nSPS) is 10.8. The molecular weight excluding hydrogens is 357 g/mol. The molecule has 2 N–H and O–H groups in total. The minimum absolute atomic E-state index is 0.182. The summed E-state index contributed by atoms with van der Waals surface area (Å²) in [6.07, 6.45) is 1.75. The molecule has 0 unspecified atom stereocenters. The predicted molar refractivity (Wildman–Crippen MR) is 102 cm³/mol. The van der Waals surface area contributed by atoms with Crippen LogP contribution in [0.3, 0.4) is 0 Å². The topological polar surface area (TPSA) is 97.6 Å². The van der Waals surface area contributed by atoms with E-state index >= 15 is 0 Å². The number of carbonyl (C=O) groups excluding carboxylic acids is 1. The van der Waals surface area contributed by atoms with Gasteiger partial charge in [-0.15, -0.1) is 0 Å². The van der Waals surface area contributed by atoms with Gasteiger partial charge in [-0.25, -0.2) is 14.4 Å². The number of nitrogens with zero attached hydrogens (tertiary/aromatic N) is 4. The zero-order chi connectivity index (χ0) is 19.8. The van der Waals surface area contributed by atoms with Crippen molar-refractivity contribution in [3.05, 3.63) is 77.4 Å². The summed E-state index contributed by atoms with van der Waals surface area (Å²) in [6.45, 7) is 1.66. The minimum Gasteiger partial charge on any atom is -0.365 e. The average molecular weight is 371 g/mol. The van der Waals surface area contributed by atoms with Gasteiger partial charge in [0.15, 0.2) is 11.6 Å². The highest BCUT2D eigenvalue weighted by Crippen LogP contribution is 2.26. The van der Waals surface area contributed by atoms with E-state index in [0.717, 1.165) is 10.9 Å². The molecule has 0 spiro atoms. The molecule has 2 heterocycles. The Labute approximate surface area is 159 Å². The molecule has 2 aromatic heterocycles. The Balaban J connectivity index is 2.00. The molecule has 28 heavy (non-hydrogen) atoms. The van der Waals surface area contributed by atoms with Crippen LogP contribution in [0.25, 0.3) is 28.1 Å². The van der Waals surface area contributed by atoms with Crippen LogP contribution in [-0.4, -0.2) is 20.4 Å². The lowest BCUT2D eigenvalue weighted by molar-refractivity contribution is 0.0999. The fraction of sp³-hybridized carbons (Fsp3) is 0.0476. The van der Waals surface area contributed by atoms with Crippen molar-refractivity contribution in [2.75, 3.05) is 0 Å². The van der Waals surface area contributed by atoms with Crippen LogP contribution in [0.2, 0.25) is 0 Å². The first kappa shape index (κ1) is 17.4. The van der Waals surface area contributed by atoms with E-state index in [2.05, 4.69) is 16.0 Å². The molecule has 0 aliphatic rings. The Morgan fingerprint density at radius 3 is 2.71 bits per heavy atom. The Hall–Kier alpha value is -4.05. The Morgan fingerprint density at radius 2 is 2.00 bits per heavy atom. The van der Waals surface area contributed by atoms with Crippen molar-refractivity contribution in [1.82, 2.24) is 14.5 Å². The number of hydrogen-bond acceptors (Lipinski definition) is 4. The fourth-order valence-corrected chi connectivity index (χ4v) is 3.17. The van der Waals surface area contributed by atoms with Gasteiger partial charge in [0.05, 0.1) is 22.8 Å². The third-order valence-electron chi connectivity index (χ3n) is 4.45. The van der Waals surface area contributed by atoms with Crippen molar-refractivity contribution in [3.8, 4) is 23.3 Å². The van der Waals surface area contributed by atoms with Crippen LogP contribution in [0.15, 0.2) is 54.7 Å². The van der Waals surface area contributed by atoms with Crippen molar-refractivity contribution in [2.45, 2.75) is 6.92 Å². The first-order valence-corrected chi connectivity index (χ1v) is 8.44. The van der Waals surface area contributed by atoms with Crippen LogP contribution in [-0.2, 0) is 0 Å². The molecule has 0 saturated heterocycles. The second kappa shape index (κ2) is 6.59. The largest absolute Gasteiger partial charge is 0.365 e. The van der Waals surface area contributed by atoms with E-state index in [1.54, 1.807) is 48.0 Å². The number of nitrogens with two attached hydrogens (primary N) is 1. The Bertz CT molecular complexity index is 1290. The number of aryl methyl sites for hydroxylation is 1. The smallest absolute Gasteiger partial charge is 0.254 e. The zero-order valence-electron chi connectivity index (χ0n) is 14.8. The lowest BCUT2D eigenvalue weighted by Gasteiger charge is -2.13. The monoisotopic (exact) mass is 371 g/mol. The molecule has 2 aromatic carbocycles. The molecule has 136 valence electrons. The summed E-state index contributed by atoms with van der Waals surface area (Å²) in [5.41, 5.74) is 7.94. The van der Waals surface area contributed by atoms with E-state index in [1.165, 1.54) is 12.1 Å². The molecular formula is C21H14FN5O. The van der Waals surface area contributed by atoms with Gasteiger partial charge >= 0.3 is 0 Å². The molecule has 4 aromatic rings. The Kier molecular flexibility index (Phi) is 4.09. The van der Waals surface area contributed by atoms with E-state index in [9.17, 15) is 9.18 Å². The second-order valence-electron chi connectivity index (χ2n) is 6.28. The number of carbonyl (C=O) groups is 1. The number of halogens is 1. The summed E-state index contributed by atoms with van der Waals surface area (Å²) < 4.78 is 15.4. The van der Waals surface area contributed by atoms with Gasteiger partial charge in [-0.2, -0.15) is 5.26 Å². The van der Waals surface area contributed by atoms with E-state index in [1.807, 2.05) is 6.07 Å². The van der Waals surface area contributed by atoms with Crippen molar-refractivity contribution in [2.24, 2.45) is 5.73 Å². The summed E-state index contributed by atoms with van der Waals surface area (Å²) >= 11 is 0. The van der Waals surface area contributed by atoms with Gasteiger partial charge in [0.25, 0.3) is 5.91 Å². The standard InChI is InChI=1S/C21H14FN5O/c1-12-18(19(24)28)21(26-20(25-12)15-3-2-4-16(22)10-15)27-8-7-14-9-13(11-23)5-6-17(14)27/h2-10H,1H3,(H2,24,28). The Morgan fingerprint density at radius 1 is 1.18 bits per heavy atom. The van der Waals surface area contributed by atoms with Crippen LogP contribution < -0.4 is 5.73 Å². The van der Waals surface area contributed by atoms with E-state index in [4.69, 9.17) is 11.0 Å². The summed E-state index contributed by atoms with van der Waals surface area (Å²) in [5, 5.41) is 9.91. The van der Waals surface area contributed by atoms with Crippen molar-refractivity contribution in [1.29, 1.82) is 5.26 Å². The lowest BCUT2D eigenvalue weighted by Crippen LogP contribution is -2.19. The molecule has 0 radical (unpaired) electrons. The molecule has 1 amide bonds. The van der Waals surface area contributed by atoms with Gasteiger partial charge in [-0.05, 0) is 43.3 Å². The molecule has 0 aliphatic heterocycles. The molecule has 4 rings (SSSR count). The SMILES string of the molecule is Cc1nc(-c2cccc(F)c2)nc(-n2ccc3cc(C#N)ccc32)c1C(N)=O. The zero-order valence-corrected chi connectivity index (χ0v) is 14.8. The molecule has 7 heteroatoms. The minimum atomic E-state index is -0.659. The van der Waals surface area contributed by atoms with E-state index < -0.39 is 11.7 Å². The summed E-state index contributed by atoms with van der Waals surface area (Å²) in [5.74, 6) is -0.477. The number of benzene rings is 2. The highest BCUT2D eigenvalue weighted by molar-refractivity contribution is 5.98. The van der Waals surface area contributed by atoms with Crippen LogP contribution >= 0.6 is 0 Å². The van der Waals surface area contributed by atoms with Gasteiger partial charge in [-0.3, -0.25) is 4.79 Å². The maximum absolute atomic E-state index is 13.7. The number of nitriles is 1. The molecule has 0 fully saturated rings. The summed E-state index contributed by atoms with van der Waals surface area (Å²) in [7, 11) is 0. The maximum atomic E-state index is 13.7. The number of fused-ring (bicyclic) bond motifs is 1. The van der Waals surface area contributed by atoms with Crippen LogP contribution in [0.4, 0.5) is 4.39 Å². The molecule has 0 saturated carbocycles. The highest BCUT2D eigenvalue weighted by atomic mass is 19.1. The number of hydrogen-bond donors (Lipinski definition) is 1. The first-order valence-electron chi connectivity index (χ1n) is 8.44. The maximum Gasteiger partial charge on any atom is 0.254 e. The quantitative estimate of drug-likeness (QED) is 0.596. The highest BCUT2D eigenvalue weighted by Gasteiger charge is 2.20. The number of aromatic nitrogens is 3. The lowest BCUT2D eigenvalue weighted by atomic mass is 10.1. The second-order valence-corrected chi connectivity index (χ2v) is 6.28. The first-order chi connectivity index (χ1) is 13.5. The molecule has 0 bridgehead atoms. The number of amides is 1. The van der Waals surface area contributed by atoms with Crippen molar-refractivity contribution in [3.63, 3.8) is 0 Å². The van der Waals surface area contributed by atoms with Crippen LogP contribution in [0.5, 0.6) is 0 Å². The van der Waals surface area contributed by atoms with Gasteiger partial charge in [0.1, 0.15) is 11.4 Å². The van der Waals surface area contributed by atoms with E-state index in [0.29, 0.717) is 22.6 Å². The van der Waals surface area contributed by atoms with Crippen LogP contribution in [0, 0.1) is 24.1 Å². The summed E-state index contributed by atoms with van der Waals surface area (Å²) in [4.78, 5) is 21.0. The summed E-state index contributed by atoms with van der Waals surface area (Å²) in [6, 6.07) is 15.1. The predicted octanol–water partition coefficient (Wildman–Crippen LogP) is 3.51. The fourth-order valence-electron chi connectivity index (χ4n) is 3.17. The third-order valence-corrected chi connectivity index (χ3v) is 4.45. The van der Waals surface area contributed by atoms with Crippen LogP contribution in [0.1, 0.15) is 21.6 Å². The number of primary amides is 1. The molecule has 0 atom stereocenters. The van der Waals surface area contributed by atoms with Gasteiger partial charge in [0.2, 0.25) is 0 Å². The van der Waals surface area contributed by atoms with Gasteiger partial charge in [-0.1, -0.05) is 12.1 Å². The molecule has 6 nitrogen and oxygen atoms in total.